The number of aliphatic hydroxyl groups is 1. The summed E-state index contributed by atoms with van der Waals surface area (Å²) in [6.45, 7) is 2.07. The Morgan fingerprint density at radius 1 is 0.867 bits per heavy atom. The van der Waals surface area contributed by atoms with E-state index >= 15 is 0 Å². The highest BCUT2D eigenvalue weighted by molar-refractivity contribution is 7.73. The van der Waals surface area contributed by atoms with Crippen molar-refractivity contribution in [2.45, 2.75) is 25.0 Å². The Labute approximate surface area is 183 Å². The van der Waals surface area contributed by atoms with Crippen molar-refractivity contribution in [3.05, 3.63) is 96.6 Å². The number of aliphatic hydroxyl groups excluding tert-OH is 1. The molecule has 3 radical (unpaired) electrons. The third-order valence-electron chi connectivity index (χ3n) is 5.20. The number of amides is 1. The molecular formula is C25H28BNO2P. The highest BCUT2D eigenvalue weighted by Crippen LogP contribution is 2.41. The maximum atomic E-state index is 13.1. The summed E-state index contributed by atoms with van der Waals surface area (Å²) < 4.78 is 0. The van der Waals surface area contributed by atoms with Crippen molar-refractivity contribution in [1.82, 2.24) is 4.90 Å². The normalized spacial score (nSPS) is 12.7. The monoisotopic (exact) mass is 416 g/mol. The average Bonchev–Trinajstić information content (AvgIpc) is 2.76. The van der Waals surface area contributed by atoms with Crippen LogP contribution < -0.4 is 10.6 Å². The Hall–Kier alpha value is -2.42. The first-order valence-electron chi connectivity index (χ1n) is 9.92. The quantitative estimate of drug-likeness (QED) is 0.449. The topological polar surface area (TPSA) is 40.5 Å². The zero-order chi connectivity index (χ0) is 20.6. The average molecular weight is 416 g/mol. The van der Waals surface area contributed by atoms with E-state index < -0.39 is 7.92 Å². The molecule has 0 saturated carbocycles. The molecule has 30 heavy (non-hydrogen) atoms. The molecule has 1 amide bonds. The molecule has 153 valence electrons. The fourth-order valence-electron chi connectivity index (χ4n) is 3.62. The number of hydrogen-bond acceptors (Lipinski definition) is 2. The maximum absolute atomic E-state index is 13.1. The number of hydrogen-bond donors (Lipinski definition) is 1. The zero-order valence-electron chi connectivity index (χ0n) is 17.6. The second-order valence-corrected chi connectivity index (χ2v) is 9.86. The van der Waals surface area contributed by atoms with Crippen molar-refractivity contribution in [2.24, 2.45) is 0 Å². The zero-order valence-corrected chi connectivity index (χ0v) is 18.5. The van der Waals surface area contributed by atoms with Crippen LogP contribution in [0.3, 0.4) is 0 Å². The number of nitrogens with zero attached hydrogens (tertiary/aromatic N) is 1. The number of carbonyl (C=O) groups is 1. The molecule has 0 spiro atoms. The first kappa shape index (κ1) is 23.9. The summed E-state index contributed by atoms with van der Waals surface area (Å²) in [6, 6.07) is 30.3. The minimum Gasteiger partial charge on any atom is -0.394 e. The Morgan fingerprint density at radius 2 is 1.30 bits per heavy atom. The summed E-state index contributed by atoms with van der Waals surface area (Å²) in [5.74, 6) is 0.0553. The van der Waals surface area contributed by atoms with Crippen LogP contribution in [0.5, 0.6) is 0 Å². The Kier molecular flexibility index (Phi) is 9.30. The molecule has 3 nitrogen and oxygen atoms in total. The van der Waals surface area contributed by atoms with Gasteiger partial charge in [0, 0.05) is 21.9 Å². The Balaban J connectivity index is 0.00000320. The molecule has 0 bridgehead atoms. The Morgan fingerprint density at radius 3 is 1.73 bits per heavy atom. The lowest BCUT2D eigenvalue weighted by Gasteiger charge is -2.30. The minimum atomic E-state index is -0.657. The molecule has 0 unspecified atom stereocenters. The van der Waals surface area contributed by atoms with Gasteiger partial charge >= 0.3 is 0 Å². The smallest absolute Gasteiger partial charge is 0.223 e. The van der Waals surface area contributed by atoms with E-state index in [0.717, 1.165) is 5.56 Å². The lowest BCUT2D eigenvalue weighted by Crippen LogP contribution is -2.35. The first-order valence-corrected chi connectivity index (χ1v) is 11.3. The van der Waals surface area contributed by atoms with Crippen molar-refractivity contribution in [3.8, 4) is 0 Å². The van der Waals surface area contributed by atoms with Gasteiger partial charge in [0.05, 0.1) is 12.6 Å². The molecule has 0 aliphatic heterocycles. The van der Waals surface area contributed by atoms with E-state index in [1.54, 1.807) is 11.9 Å². The molecular weight excluding hydrogens is 388 g/mol. The van der Waals surface area contributed by atoms with E-state index in [1.807, 2.05) is 42.5 Å². The molecule has 5 heteroatoms. The molecule has 1 N–H and O–H groups in total. The molecule has 2 atom stereocenters. The van der Waals surface area contributed by atoms with Gasteiger partial charge in [-0.05, 0) is 29.8 Å². The van der Waals surface area contributed by atoms with Crippen LogP contribution in [0.2, 0.25) is 0 Å². The number of benzene rings is 3. The van der Waals surface area contributed by atoms with Gasteiger partial charge in [-0.2, -0.15) is 0 Å². The van der Waals surface area contributed by atoms with E-state index in [4.69, 9.17) is 0 Å². The van der Waals surface area contributed by atoms with Gasteiger partial charge in [-0.25, -0.2) is 0 Å². The summed E-state index contributed by atoms with van der Waals surface area (Å²) in [5.41, 5.74) is 1.13. The van der Waals surface area contributed by atoms with E-state index in [-0.39, 0.29) is 32.6 Å². The van der Waals surface area contributed by atoms with Crippen molar-refractivity contribution in [3.63, 3.8) is 0 Å². The van der Waals surface area contributed by atoms with Crippen molar-refractivity contribution in [1.29, 1.82) is 0 Å². The highest BCUT2D eigenvalue weighted by atomic mass is 31.1. The van der Waals surface area contributed by atoms with Crippen molar-refractivity contribution >= 4 is 32.9 Å². The minimum absolute atomic E-state index is 0. The van der Waals surface area contributed by atoms with Gasteiger partial charge in [-0.3, -0.25) is 4.79 Å². The van der Waals surface area contributed by atoms with E-state index in [2.05, 4.69) is 55.5 Å². The SMILES string of the molecule is C[C@@H](CC(=O)N(C)[C@@H](CO)c1ccccc1)P(c1ccccc1)c1ccccc1.[B]. The molecule has 0 aliphatic carbocycles. The highest BCUT2D eigenvalue weighted by Gasteiger charge is 2.27. The molecule has 3 rings (SSSR count). The van der Waals surface area contributed by atoms with E-state index in [9.17, 15) is 9.90 Å². The van der Waals surface area contributed by atoms with Crippen molar-refractivity contribution in [2.75, 3.05) is 13.7 Å². The summed E-state index contributed by atoms with van der Waals surface area (Å²) in [7, 11) is 1.13. The third kappa shape index (κ3) is 5.81. The summed E-state index contributed by atoms with van der Waals surface area (Å²) in [5, 5.41) is 12.5. The number of carbonyl (C=O) groups excluding carboxylic acids is 1. The molecule has 3 aromatic rings. The molecule has 3 aromatic carbocycles. The summed E-state index contributed by atoms with van der Waals surface area (Å²) in [6.07, 6.45) is 0.440. The molecule has 0 heterocycles. The molecule has 0 aliphatic rings. The second kappa shape index (κ2) is 11.7. The van der Waals surface area contributed by atoms with Gasteiger partial charge in [0.25, 0.3) is 0 Å². The standard InChI is InChI=1S/C25H28NO2P.B/c1-20(18-25(28)26(2)24(19-27)21-12-6-3-7-13-21)29(22-14-8-4-9-15-22)23-16-10-5-11-17-23;/h3-17,20,24,27H,18-19H2,1-2H3;/t20-,24-;/m0./s1. The van der Waals surface area contributed by atoms with Crippen LogP contribution in [0.1, 0.15) is 24.9 Å². The largest absolute Gasteiger partial charge is 0.394 e. The van der Waals surface area contributed by atoms with E-state index in [1.165, 1.54) is 10.6 Å². The predicted octanol–water partition coefficient (Wildman–Crippen LogP) is 3.71. The van der Waals surface area contributed by atoms with Crippen LogP contribution in [0.15, 0.2) is 91.0 Å². The second-order valence-electron chi connectivity index (χ2n) is 7.21. The van der Waals surface area contributed by atoms with Crippen molar-refractivity contribution < 1.29 is 9.90 Å². The van der Waals surface area contributed by atoms with Crippen LogP contribution in [0.4, 0.5) is 0 Å². The number of rotatable bonds is 8. The van der Waals surface area contributed by atoms with E-state index in [0.29, 0.717) is 6.42 Å². The van der Waals surface area contributed by atoms with Crippen LogP contribution in [-0.2, 0) is 4.79 Å². The van der Waals surface area contributed by atoms with Crippen LogP contribution in [0.25, 0.3) is 0 Å². The van der Waals surface area contributed by atoms with Crippen LogP contribution >= 0.6 is 7.92 Å². The molecule has 0 saturated heterocycles. The third-order valence-corrected chi connectivity index (χ3v) is 7.97. The lowest BCUT2D eigenvalue weighted by atomic mass is 10.1. The predicted molar refractivity (Wildman–Crippen MR) is 128 cm³/mol. The van der Waals surface area contributed by atoms with Crippen LogP contribution in [-0.4, -0.2) is 43.6 Å². The fraction of sp³-hybridized carbons (Fsp3) is 0.240. The Bertz CT molecular complexity index is 853. The van der Waals surface area contributed by atoms with Gasteiger partial charge in [-0.15, -0.1) is 0 Å². The molecule has 0 fully saturated rings. The number of likely N-dealkylation sites (N-methyl/N-ethyl adjacent to an activating group) is 1. The maximum Gasteiger partial charge on any atom is 0.223 e. The van der Waals surface area contributed by atoms with Gasteiger partial charge in [0.15, 0.2) is 0 Å². The molecule has 0 aromatic heterocycles. The van der Waals surface area contributed by atoms with Gasteiger partial charge in [0.1, 0.15) is 0 Å². The lowest BCUT2D eigenvalue weighted by molar-refractivity contribution is -0.132. The summed E-state index contributed by atoms with van der Waals surface area (Å²) >= 11 is 0. The van der Waals surface area contributed by atoms with Gasteiger partial charge < -0.3 is 10.0 Å². The summed E-state index contributed by atoms with van der Waals surface area (Å²) in [4.78, 5) is 14.8. The fourth-order valence-corrected chi connectivity index (χ4v) is 6.27. The van der Waals surface area contributed by atoms with Crippen LogP contribution in [0, 0.1) is 0 Å². The van der Waals surface area contributed by atoms with Gasteiger partial charge in [-0.1, -0.05) is 97.9 Å². The first-order chi connectivity index (χ1) is 14.1. The van der Waals surface area contributed by atoms with Gasteiger partial charge in [0.2, 0.25) is 5.91 Å².